The van der Waals surface area contributed by atoms with Crippen molar-refractivity contribution in [2.24, 2.45) is 0 Å². The summed E-state index contributed by atoms with van der Waals surface area (Å²) < 4.78 is 4.58. The molecule has 3 nitrogen and oxygen atoms in total. The van der Waals surface area contributed by atoms with Crippen molar-refractivity contribution in [2.75, 3.05) is 0 Å². The van der Waals surface area contributed by atoms with Crippen LogP contribution in [0.15, 0.2) is 24.3 Å². The third-order valence-corrected chi connectivity index (χ3v) is 1.26. The number of benzene rings is 1. The van der Waals surface area contributed by atoms with Crippen LogP contribution in [0.2, 0.25) is 0 Å². The van der Waals surface area contributed by atoms with Gasteiger partial charge in [-0.25, -0.2) is 0 Å². The van der Waals surface area contributed by atoms with E-state index in [1.54, 1.807) is 12.1 Å². The maximum atomic E-state index is 8.41. The van der Waals surface area contributed by atoms with Gasteiger partial charge in [-0.15, -0.1) is 0 Å². The van der Waals surface area contributed by atoms with Gasteiger partial charge < -0.3 is 16.1 Å². The van der Waals surface area contributed by atoms with Gasteiger partial charge in [-0.2, -0.15) is 0 Å². The molecule has 0 heterocycles. The quantitative estimate of drug-likeness (QED) is 0.488. The molecule has 1 aromatic carbocycles. The topological polar surface area (TPSA) is 49.7 Å². The molecule has 2 N–H and O–H groups in total. The minimum Gasteiger partial charge on any atom is -1.00 e. The Morgan fingerprint density at radius 1 is 1.25 bits per heavy atom. The fraction of sp³-hybridized carbons (Fsp3) is 0.143. The van der Waals surface area contributed by atoms with E-state index >= 15 is 0 Å². The second-order valence-electron chi connectivity index (χ2n) is 2.26. The van der Waals surface area contributed by atoms with E-state index in [0.717, 1.165) is 5.56 Å². The predicted molar refractivity (Wildman–Crippen MR) is 43.1 cm³/mol. The van der Waals surface area contributed by atoms with Crippen molar-refractivity contribution in [1.82, 2.24) is 0 Å². The second kappa shape index (κ2) is 5.62. The van der Waals surface area contributed by atoms with Crippen molar-refractivity contribution in [3.63, 3.8) is 0 Å². The molecule has 0 saturated carbocycles. The van der Waals surface area contributed by atoms with Crippen LogP contribution < -0.4 is 34.2 Å². The second-order valence-corrected chi connectivity index (χ2v) is 2.26. The Balaban J connectivity index is 0. The third-order valence-electron chi connectivity index (χ3n) is 1.26. The van der Waals surface area contributed by atoms with Crippen LogP contribution in [0.5, 0.6) is 5.75 Å². The summed E-state index contributed by atoms with van der Waals surface area (Å²) in [5, 5.41) is 16.8. The normalized spacial score (nSPS) is 8.58. The van der Waals surface area contributed by atoms with E-state index in [-0.39, 0.29) is 31.0 Å². The van der Waals surface area contributed by atoms with Crippen LogP contribution in [0.4, 0.5) is 0 Å². The number of aryl methyl sites for hydroxylation is 1. The van der Waals surface area contributed by atoms with Crippen LogP contribution in [0.25, 0.3) is 0 Å². The predicted octanol–water partition coefficient (Wildman–Crippen LogP) is -2.54. The molecule has 60 valence electrons. The zero-order valence-electron chi connectivity index (χ0n) is 8.19. The summed E-state index contributed by atoms with van der Waals surface area (Å²) >= 11 is 0. The zero-order valence-corrected chi connectivity index (χ0v) is 9.19. The molecule has 0 fully saturated rings. The molecule has 0 radical (unpaired) electrons. The van der Waals surface area contributed by atoms with Gasteiger partial charge in [-0.3, -0.25) is 0 Å². The third kappa shape index (κ3) is 4.14. The first-order valence-corrected chi connectivity index (χ1v) is 3.28. The van der Waals surface area contributed by atoms with Gasteiger partial charge in [0, 0.05) is 0 Å². The van der Waals surface area contributed by atoms with E-state index in [9.17, 15) is 0 Å². The van der Waals surface area contributed by atoms with E-state index in [0.29, 0.717) is 5.75 Å². The first-order chi connectivity index (χ1) is 5.18. The number of hydrogen-bond donors (Lipinski definition) is 2. The molecule has 0 aliphatic carbocycles. The maximum Gasteiger partial charge on any atom is 1.00 e. The van der Waals surface area contributed by atoms with Gasteiger partial charge in [0.1, 0.15) is 5.75 Å². The van der Waals surface area contributed by atoms with Crippen molar-refractivity contribution in [2.45, 2.75) is 6.92 Å². The van der Waals surface area contributed by atoms with Crippen molar-refractivity contribution < 1.29 is 45.7 Å². The molecule has 0 spiro atoms. The molecule has 1 rings (SSSR count). The van der Waals surface area contributed by atoms with E-state index < -0.39 is 7.32 Å². The van der Waals surface area contributed by atoms with Gasteiger partial charge in [-0.05, 0) is 19.1 Å². The van der Waals surface area contributed by atoms with Crippen LogP contribution in [0.1, 0.15) is 6.99 Å². The average molecular weight is 176 g/mol. The summed E-state index contributed by atoms with van der Waals surface area (Å²) in [5.74, 6) is 0.450. The van der Waals surface area contributed by atoms with Gasteiger partial charge in [-0.1, -0.05) is 17.7 Å². The van der Waals surface area contributed by atoms with E-state index in [1.807, 2.05) is 19.1 Å². The molecule has 0 saturated heterocycles. The smallest absolute Gasteiger partial charge is 1.00 e. The molecular formula is C7H10BNaO3. The van der Waals surface area contributed by atoms with Crippen LogP contribution >= 0.6 is 0 Å². The van der Waals surface area contributed by atoms with Gasteiger partial charge >= 0.3 is 36.9 Å². The Labute approximate surface area is 95.3 Å². The van der Waals surface area contributed by atoms with Crippen molar-refractivity contribution >= 4 is 7.32 Å². The van der Waals surface area contributed by atoms with Crippen molar-refractivity contribution in [3.05, 3.63) is 29.8 Å². The number of rotatable bonds is 2. The van der Waals surface area contributed by atoms with Gasteiger partial charge in [0.05, 0.1) is 0 Å². The molecule has 5 heteroatoms. The molecule has 0 unspecified atom stereocenters. The SMILES string of the molecule is Cc1ccc(OB(O)O)cc1.[H-].[Na+]. The fourth-order valence-corrected chi connectivity index (χ4v) is 0.739. The molecular weight excluding hydrogens is 166 g/mol. The monoisotopic (exact) mass is 176 g/mol. The zero-order chi connectivity index (χ0) is 8.27. The molecule has 0 amide bonds. The molecule has 0 bridgehead atoms. The van der Waals surface area contributed by atoms with Crippen molar-refractivity contribution in [3.8, 4) is 5.75 Å². The summed E-state index contributed by atoms with van der Waals surface area (Å²) in [6.07, 6.45) is 0. The standard InChI is InChI=1S/C7H9BO3.Na.H/c1-6-2-4-7(5-3-6)11-8(9)10;;/h2-5,9-10H,1H3;;/q;+1;-1. The summed E-state index contributed by atoms with van der Waals surface area (Å²) in [6, 6.07) is 7.01. The number of hydrogen-bond acceptors (Lipinski definition) is 3. The Bertz CT molecular complexity index is 230. The Hall–Kier alpha value is 0.00494. The van der Waals surface area contributed by atoms with Crippen LogP contribution in [0, 0.1) is 6.92 Å². The summed E-state index contributed by atoms with van der Waals surface area (Å²) in [6.45, 7) is 1.94. The fourth-order valence-electron chi connectivity index (χ4n) is 0.739. The Kier molecular flexibility index (Phi) is 5.62. The van der Waals surface area contributed by atoms with Crippen LogP contribution in [-0.2, 0) is 0 Å². The molecule has 1 aromatic rings. The minimum atomic E-state index is -1.74. The van der Waals surface area contributed by atoms with Gasteiger partial charge in [0.25, 0.3) is 0 Å². The summed E-state index contributed by atoms with van der Waals surface area (Å²) in [5.41, 5.74) is 1.10. The van der Waals surface area contributed by atoms with Crippen LogP contribution in [0.3, 0.4) is 0 Å². The van der Waals surface area contributed by atoms with Crippen LogP contribution in [-0.4, -0.2) is 17.4 Å². The van der Waals surface area contributed by atoms with Crippen molar-refractivity contribution in [1.29, 1.82) is 0 Å². The summed E-state index contributed by atoms with van der Waals surface area (Å²) in [7, 11) is -1.74. The first-order valence-electron chi connectivity index (χ1n) is 3.28. The van der Waals surface area contributed by atoms with Gasteiger partial charge in [0.2, 0.25) is 0 Å². The molecule has 0 aliphatic rings. The van der Waals surface area contributed by atoms with E-state index in [4.69, 9.17) is 10.0 Å². The molecule has 0 aliphatic heterocycles. The Morgan fingerprint density at radius 2 is 1.75 bits per heavy atom. The Morgan fingerprint density at radius 3 is 2.17 bits per heavy atom. The first kappa shape index (κ1) is 12.0. The maximum absolute atomic E-state index is 8.41. The van der Waals surface area contributed by atoms with Gasteiger partial charge in [0.15, 0.2) is 0 Å². The molecule has 12 heavy (non-hydrogen) atoms. The molecule has 0 aromatic heterocycles. The average Bonchev–Trinajstić information content (AvgIpc) is 1.93. The minimum absolute atomic E-state index is 0. The molecule has 0 atom stereocenters. The summed E-state index contributed by atoms with van der Waals surface area (Å²) in [4.78, 5) is 0. The van der Waals surface area contributed by atoms with E-state index in [1.165, 1.54) is 0 Å². The van der Waals surface area contributed by atoms with E-state index in [2.05, 4.69) is 4.65 Å². The largest absolute Gasteiger partial charge is 1.00 e.